The number of piperidine rings is 1. The third-order valence-corrected chi connectivity index (χ3v) is 5.53. The van der Waals surface area contributed by atoms with Crippen molar-refractivity contribution in [3.63, 3.8) is 0 Å². The molecule has 2 aliphatic rings. The lowest BCUT2D eigenvalue weighted by Crippen LogP contribution is -2.52. The van der Waals surface area contributed by atoms with Gasteiger partial charge in [-0.05, 0) is 30.5 Å². The summed E-state index contributed by atoms with van der Waals surface area (Å²) in [6.07, 6.45) is 7.61. The minimum Gasteiger partial charge on any atom is -0.377 e. The van der Waals surface area contributed by atoms with E-state index in [1.165, 1.54) is 5.56 Å². The maximum Gasteiger partial charge on any atom is 0.226 e. The second-order valence-electron chi connectivity index (χ2n) is 7.50. The van der Waals surface area contributed by atoms with Crippen molar-refractivity contribution in [3.8, 4) is 5.69 Å². The van der Waals surface area contributed by atoms with Gasteiger partial charge in [-0.2, -0.15) is 0 Å². The number of likely N-dealkylation sites (tertiary alicyclic amines) is 1. The molecule has 2 saturated heterocycles. The van der Waals surface area contributed by atoms with Crippen molar-refractivity contribution in [1.29, 1.82) is 0 Å². The molecule has 1 amide bonds. The first kappa shape index (κ1) is 17.2. The van der Waals surface area contributed by atoms with Crippen molar-refractivity contribution in [1.82, 2.24) is 19.4 Å². The number of benzene rings is 1. The van der Waals surface area contributed by atoms with Gasteiger partial charge < -0.3 is 14.2 Å². The van der Waals surface area contributed by atoms with Gasteiger partial charge in [-0.25, -0.2) is 4.98 Å². The van der Waals surface area contributed by atoms with Crippen LogP contribution < -0.4 is 0 Å². The van der Waals surface area contributed by atoms with Gasteiger partial charge in [0.1, 0.15) is 0 Å². The van der Waals surface area contributed by atoms with Gasteiger partial charge in [-0.1, -0.05) is 12.1 Å². The fourth-order valence-corrected chi connectivity index (χ4v) is 4.20. The van der Waals surface area contributed by atoms with E-state index in [-0.39, 0.29) is 17.9 Å². The summed E-state index contributed by atoms with van der Waals surface area (Å²) < 4.78 is 7.93. The summed E-state index contributed by atoms with van der Waals surface area (Å²) >= 11 is 0. The molecule has 0 aliphatic carbocycles. The van der Waals surface area contributed by atoms with Gasteiger partial charge in [0, 0.05) is 57.9 Å². The van der Waals surface area contributed by atoms with Crippen LogP contribution in [0.2, 0.25) is 0 Å². The molecule has 3 atom stereocenters. The molecule has 0 bridgehead atoms. The number of imidazole rings is 1. The molecule has 2 aliphatic heterocycles. The molecule has 4 rings (SSSR count). The van der Waals surface area contributed by atoms with E-state index in [0.29, 0.717) is 6.04 Å². The summed E-state index contributed by atoms with van der Waals surface area (Å²) in [6.45, 7) is 2.46. The van der Waals surface area contributed by atoms with E-state index in [1.54, 1.807) is 17.4 Å². The Bertz CT molecular complexity index is 742. The zero-order chi connectivity index (χ0) is 18.1. The highest BCUT2D eigenvalue weighted by Crippen LogP contribution is 2.33. The van der Waals surface area contributed by atoms with Gasteiger partial charge in [0.25, 0.3) is 0 Å². The van der Waals surface area contributed by atoms with Crippen molar-refractivity contribution in [2.75, 3.05) is 27.2 Å². The highest BCUT2D eigenvalue weighted by molar-refractivity contribution is 5.78. The van der Waals surface area contributed by atoms with E-state index in [9.17, 15) is 4.79 Å². The quantitative estimate of drug-likeness (QED) is 0.842. The third-order valence-electron chi connectivity index (χ3n) is 5.53. The van der Waals surface area contributed by atoms with Gasteiger partial charge in [-0.15, -0.1) is 0 Å². The van der Waals surface area contributed by atoms with Crippen LogP contribution in [0.15, 0.2) is 43.0 Å². The van der Waals surface area contributed by atoms with Crippen LogP contribution in [0.1, 0.15) is 18.4 Å². The summed E-state index contributed by atoms with van der Waals surface area (Å²) in [7, 11) is 3.67. The predicted octanol–water partition coefficient (Wildman–Crippen LogP) is 1.94. The Labute approximate surface area is 154 Å². The maximum atomic E-state index is 12.5. The van der Waals surface area contributed by atoms with Crippen LogP contribution in [-0.4, -0.2) is 64.7 Å². The average molecular weight is 354 g/mol. The fourth-order valence-electron chi connectivity index (χ4n) is 4.20. The molecule has 0 unspecified atom stereocenters. The molecule has 26 heavy (non-hydrogen) atoms. The van der Waals surface area contributed by atoms with Crippen molar-refractivity contribution in [3.05, 3.63) is 48.5 Å². The number of amides is 1. The third kappa shape index (κ3) is 3.39. The van der Waals surface area contributed by atoms with Gasteiger partial charge >= 0.3 is 0 Å². The molecule has 0 saturated carbocycles. The van der Waals surface area contributed by atoms with Crippen LogP contribution in [0.3, 0.4) is 0 Å². The van der Waals surface area contributed by atoms with E-state index in [4.69, 9.17) is 4.74 Å². The Morgan fingerprint density at radius 1 is 1.31 bits per heavy atom. The standard InChI is InChI=1S/C20H26N4O2/c1-22(2)20(25)16-11-19-18(7-10-26-19)24(13-16)12-15-3-5-17(6-4-15)23-9-8-21-14-23/h3-6,8-9,14,16,18-19H,7,10-13H2,1-2H3/t16-,18+,19+/m0/s1. The molecule has 0 N–H and O–H groups in total. The van der Waals surface area contributed by atoms with Crippen molar-refractivity contribution < 1.29 is 9.53 Å². The number of aromatic nitrogens is 2. The Kier molecular flexibility index (Phi) is 4.78. The summed E-state index contributed by atoms with van der Waals surface area (Å²) in [5.74, 6) is 0.231. The van der Waals surface area contributed by atoms with Gasteiger partial charge in [-0.3, -0.25) is 9.69 Å². The molecule has 0 spiro atoms. The Hall–Kier alpha value is -2.18. The number of fused-ring (bicyclic) bond motifs is 1. The number of hydrogen-bond acceptors (Lipinski definition) is 4. The maximum absolute atomic E-state index is 12.5. The lowest BCUT2D eigenvalue weighted by atomic mass is 9.88. The number of carbonyl (C=O) groups excluding carboxylic acids is 1. The second-order valence-corrected chi connectivity index (χ2v) is 7.50. The van der Waals surface area contributed by atoms with E-state index in [2.05, 4.69) is 34.1 Å². The fraction of sp³-hybridized carbons (Fsp3) is 0.500. The number of carbonyl (C=O) groups is 1. The van der Waals surface area contributed by atoms with Crippen molar-refractivity contribution in [2.24, 2.45) is 5.92 Å². The number of hydrogen-bond donors (Lipinski definition) is 0. The van der Waals surface area contributed by atoms with Gasteiger partial charge in [0.15, 0.2) is 0 Å². The average Bonchev–Trinajstić information content (AvgIpc) is 3.33. The van der Waals surface area contributed by atoms with Crippen LogP contribution in [0.25, 0.3) is 5.69 Å². The van der Waals surface area contributed by atoms with Gasteiger partial charge in [0.05, 0.1) is 18.3 Å². The van der Waals surface area contributed by atoms with E-state index >= 15 is 0 Å². The monoisotopic (exact) mass is 354 g/mol. The molecule has 6 heteroatoms. The summed E-state index contributed by atoms with van der Waals surface area (Å²) in [5, 5.41) is 0. The SMILES string of the molecule is CN(C)C(=O)[C@H]1C[C@H]2OCC[C@H]2N(Cc2ccc(-n3ccnc3)cc2)C1. The second kappa shape index (κ2) is 7.21. The highest BCUT2D eigenvalue weighted by Gasteiger charge is 2.42. The minimum atomic E-state index is 0.0228. The van der Waals surface area contributed by atoms with E-state index < -0.39 is 0 Å². The van der Waals surface area contributed by atoms with Crippen LogP contribution in [0.4, 0.5) is 0 Å². The molecular weight excluding hydrogens is 328 g/mol. The highest BCUT2D eigenvalue weighted by atomic mass is 16.5. The number of ether oxygens (including phenoxy) is 1. The first-order chi connectivity index (χ1) is 12.6. The van der Waals surface area contributed by atoms with Crippen molar-refractivity contribution in [2.45, 2.75) is 31.5 Å². The Morgan fingerprint density at radius 2 is 2.12 bits per heavy atom. The lowest BCUT2D eigenvalue weighted by Gasteiger charge is -2.41. The normalized spacial score (nSPS) is 25.8. The minimum absolute atomic E-state index is 0.0228. The zero-order valence-electron chi connectivity index (χ0n) is 15.4. The molecule has 0 radical (unpaired) electrons. The molecule has 1 aromatic carbocycles. The lowest BCUT2D eigenvalue weighted by molar-refractivity contribution is -0.137. The Morgan fingerprint density at radius 3 is 2.81 bits per heavy atom. The summed E-state index contributed by atoms with van der Waals surface area (Å²) in [4.78, 5) is 20.7. The summed E-state index contributed by atoms with van der Waals surface area (Å²) in [5.41, 5.74) is 2.37. The topological polar surface area (TPSA) is 50.6 Å². The molecule has 6 nitrogen and oxygen atoms in total. The molecule has 3 heterocycles. The van der Waals surface area contributed by atoms with Crippen LogP contribution in [-0.2, 0) is 16.1 Å². The smallest absolute Gasteiger partial charge is 0.226 e. The molecule has 1 aromatic heterocycles. The van der Waals surface area contributed by atoms with Crippen molar-refractivity contribution >= 4 is 5.91 Å². The van der Waals surface area contributed by atoms with Crippen LogP contribution in [0, 0.1) is 5.92 Å². The summed E-state index contributed by atoms with van der Waals surface area (Å²) in [6, 6.07) is 8.99. The molecule has 2 fully saturated rings. The molecular formula is C20H26N4O2. The number of nitrogens with zero attached hydrogens (tertiary/aromatic N) is 4. The zero-order valence-corrected chi connectivity index (χ0v) is 15.4. The van der Waals surface area contributed by atoms with E-state index in [1.807, 2.05) is 24.9 Å². The van der Waals surface area contributed by atoms with Crippen LogP contribution >= 0.6 is 0 Å². The predicted molar refractivity (Wildman–Crippen MR) is 98.9 cm³/mol. The first-order valence-electron chi connectivity index (χ1n) is 9.26. The number of rotatable bonds is 4. The van der Waals surface area contributed by atoms with Crippen LogP contribution in [0.5, 0.6) is 0 Å². The van der Waals surface area contributed by atoms with E-state index in [0.717, 1.165) is 38.2 Å². The molecule has 138 valence electrons. The first-order valence-corrected chi connectivity index (χ1v) is 9.26. The largest absolute Gasteiger partial charge is 0.377 e. The Balaban J connectivity index is 1.49. The van der Waals surface area contributed by atoms with Gasteiger partial charge in [0.2, 0.25) is 5.91 Å². The molecule has 2 aromatic rings.